The average molecular weight is 386 g/mol. The fourth-order valence-corrected chi connectivity index (χ4v) is 3.41. The van der Waals surface area contributed by atoms with E-state index >= 15 is 0 Å². The van der Waals surface area contributed by atoms with Gasteiger partial charge in [-0.15, -0.1) is 22.0 Å². The van der Waals surface area contributed by atoms with Crippen LogP contribution in [0.3, 0.4) is 0 Å². The summed E-state index contributed by atoms with van der Waals surface area (Å²) in [5.74, 6) is 3.16. The predicted octanol–water partition coefficient (Wildman–Crippen LogP) is 4.67. The van der Waals surface area contributed by atoms with E-state index in [4.69, 9.17) is 18.6 Å². The highest BCUT2D eigenvalue weighted by atomic mass is 32.2. The van der Waals surface area contributed by atoms with Crippen LogP contribution in [0.15, 0.2) is 39.6 Å². The minimum atomic E-state index is 0.407. The molecule has 0 saturated carbocycles. The molecule has 0 saturated heterocycles. The van der Waals surface area contributed by atoms with Crippen LogP contribution in [0.25, 0.3) is 11.5 Å². The van der Waals surface area contributed by atoms with E-state index in [1.165, 1.54) is 16.0 Å². The first-order chi connectivity index (χ1) is 13.0. The molecule has 0 atom stereocenters. The van der Waals surface area contributed by atoms with Crippen molar-refractivity contribution in [3.8, 4) is 28.7 Å². The zero-order chi connectivity index (χ0) is 19.4. The first-order valence-electron chi connectivity index (χ1n) is 8.38. The molecule has 3 aromatic rings. The Morgan fingerprint density at radius 3 is 2.19 bits per heavy atom. The molecule has 27 heavy (non-hydrogen) atoms. The number of nitrogens with zero attached hydrogens (tertiary/aromatic N) is 2. The van der Waals surface area contributed by atoms with Crippen molar-refractivity contribution in [3.63, 3.8) is 0 Å². The van der Waals surface area contributed by atoms with Crippen molar-refractivity contribution in [2.24, 2.45) is 0 Å². The maximum Gasteiger partial charge on any atom is 0.248 e. The van der Waals surface area contributed by atoms with E-state index in [0.29, 0.717) is 40.3 Å². The zero-order valence-corrected chi connectivity index (χ0v) is 16.8. The Morgan fingerprint density at radius 2 is 1.59 bits per heavy atom. The van der Waals surface area contributed by atoms with Gasteiger partial charge in [0.1, 0.15) is 0 Å². The van der Waals surface area contributed by atoms with E-state index in [9.17, 15) is 0 Å². The molecule has 0 unspecified atom stereocenters. The Balaban J connectivity index is 1.80. The van der Waals surface area contributed by atoms with Crippen LogP contribution in [0, 0.1) is 13.8 Å². The average Bonchev–Trinajstić information content (AvgIpc) is 3.16. The van der Waals surface area contributed by atoms with Gasteiger partial charge in [-0.2, -0.15) is 0 Å². The molecule has 0 fully saturated rings. The first kappa shape index (κ1) is 19.1. The molecule has 0 N–H and O–H groups in total. The Hall–Kier alpha value is -2.67. The lowest BCUT2D eigenvalue weighted by molar-refractivity contribution is 0.324. The maximum atomic E-state index is 5.82. The van der Waals surface area contributed by atoms with Gasteiger partial charge in [-0.05, 0) is 49.2 Å². The largest absolute Gasteiger partial charge is 0.493 e. The van der Waals surface area contributed by atoms with Gasteiger partial charge in [0.15, 0.2) is 11.5 Å². The van der Waals surface area contributed by atoms with Crippen molar-refractivity contribution in [2.45, 2.75) is 24.5 Å². The highest BCUT2D eigenvalue weighted by Gasteiger charge is 2.17. The summed E-state index contributed by atoms with van der Waals surface area (Å²) >= 11 is 1.66. The van der Waals surface area contributed by atoms with E-state index < -0.39 is 0 Å². The van der Waals surface area contributed by atoms with Crippen LogP contribution in [0.1, 0.15) is 17.0 Å². The first-order valence-corrected chi connectivity index (χ1v) is 9.37. The quantitative estimate of drug-likeness (QED) is 0.547. The topological polar surface area (TPSA) is 66.6 Å². The molecule has 3 rings (SSSR count). The summed E-state index contributed by atoms with van der Waals surface area (Å²) in [7, 11) is 4.70. The Bertz CT molecular complexity index is 914. The Morgan fingerprint density at radius 1 is 0.889 bits per heavy atom. The summed E-state index contributed by atoms with van der Waals surface area (Å²) in [4.78, 5) is 1.17. The van der Waals surface area contributed by atoms with Gasteiger partial charge < -0.3 is 18.6 Å². The number of benzene rings is 2. The third-order valence-corrected chi connectivity index (χ3v) is 5.20. The molecule has 142 valence electrons. The number of aromatic nitrogens is 2. The van der Waals surface area contributed by atoms with Crippen molar-refractivity contribution < 1.29 is 18.6 Å². The fourth-order valence-electron chi connectivity index (χ4n) is 2.58. The van der Waals surface area contributed by atoms with Crippen molar-refractivity contribution in [1.82, 2.24) is 10.2 Å². The van der Waals surface area contributed by atoms with Gasteiger partial charge in [0.2, 0.25) is 17.5 Å². The third-order valence-electron chi connectivity index (χ3n) is 4.22. The summed E-state index contributed by atoms with van der Waals surface area (Å²) in [5, 5.41) is 8.31. The van der Waals surface area contributed by atoms with Crippen molar-refractivity contribution in [2.75, 3.05) is 21.3 Å². The Kier molecular flexibility index (Phi) is 5.91. The normalized spacial score (nSPS) is 10.7. The second-order valence-electron chi connectivity index (χ2n) is 5.95. The smallest absolute Gasteiger partial charge is 0.248 e. The van der Waals surface area contributed by atoms with Crippen molar-refractivity contribution in [1.29, 1.82) is 0 Å². The molecule has 0 aliphatic rings. The van der Waals surface area contributed by atoms with Gasteiger partial charge in [-0.3, -0.25) is 0 Å². The predicted molar refractivity (Wildman–Crippen MR) is 105 cm³/mol. The minimum Gasteiger partial charge on any atom is -0.493 e. The summed E-state index contributed by atoms with van der Waals surface area (Å²) < 4.78 is 21.9. The van der Waals surface area contributed by atoms with Crippen LogP contribution in [0.5, 0.6) is 17.2 Å². The number of methoxy groups -OCH3 is 3. The summed E-state index contributed by atoms with van der Waals surface area (Å²) in [6.45, 7) is 4.21. The number of hydrogen-bond donors (Lipinski definition) is 0. The number of hydrogen-bond acceptors (Lipinski definition) is 7. The molecule has 7 heteroatoms. The van der Waals surface area contributed by atoms with Gasteiger partial charge in [0, 0.05) is 10.5 Å². The monoisotopic (exact) mass is 386 g/mol. The third kappa shape index (κ3) is 4.19. The highest BCUT2D eigenvalue weighted by molar-refractivity contribution is 7.98. The minimum absolute atomic E-state index is 0.407. The number of ether oxygens (including phenoxy) is 3. The van der Waals surface area contributed by atoms with Gasteiger partial charge in [0.25, 0.3) is 0 Å². The molecule has 0 aliphatic carbocycles. The molecule has 1 heterocycles. The summed E-state index contributed by atoms with van der Waals surface area (Å²) in [6.07, 6.45) is 0. The van der Waals surface area contributed by atoms with Gasteiger partial charge in [0.05, 0.1) is 27.1 Å². The van der Waals surface area contributed by atoms with Crippen LogP contribution in [0.4, 0.5) is 0 Å². The number of aryl methyl sites for hydroxylation is 2. The highest BCUT2D eigenvalue weighted by Crippen LogP contribution is 2.41. The zero-order valence-electron chi connectivity index (χ0n) is 16.0. The molecule has 0 radical (unpaired) electrons. The summed E-state index contributed by atoms with van der Waals surface area (Å²) in [6, 6.07) is 9.96. The molecule has 0 amide bonds. The lowest BCUT2D eigenvalue weighted by Crippen LogP contribution is -1.95. The van der Waals surface area contributed by atoms with Crippen LogP contribution in [0.2, 0.25) is 0 Å². The maximum absolute atomic E-state index is 5.82. The standard InChI is InChI=1S/C20H22N2O4S/c1-12-6-7-15(8-13(12)2)27-11-18-21-22-20(26-18)14-9-16(23-3)19(25-5)17(10-14)24-4/h6-10H,11H2,1-5H3. The van der Waals surface area contributed by atoms with Crippen LogP contribution in [-0.2, 0) is 5.75 Å². The molecule has 0 spiro atoms. The van der Waals surface area contributed by atoms with Gasteiger partial charge in [-0.1, -0.05) is 6.07 Å². The molecule has 6 nitrogen and oxygen atoms in total. The molecule has 2 aromatic carbocycles. The number of thioether (sulfide) groups is 1. The fraction of sp³-hybridized carbons (Fsp3) is 0.300. The lowest BCUT2D eigenvalue weighted by atomic mass is 10.1. The van der Waals surface area contributed by atoms with E-state index in [2.05, 4.69) is 42.2 Å². The van der Waals surface area contributed by atoms with E-state index in [-0.39, 0.29) is 0 Å². The molecule has 0 bridgehead atoms. The van der Waals surface area contributed by atoms with E-state index in [0.717, 1.165) is 0 Å². The van der Waals surface area contributed by atoms with Crippen LogP contribution < -0.4 is 14.2 Å². The molecule has 0 aliphatic heterocycles. The lowest BCUT2D eigenvalue weighted by Gasteiger charge is -2.12. The second-order valence-corrected chi connectivity index (χ2v) is 7.00. The molecular weight excluding hydrogens is 364 g/mol. The van der Waals surface area contributed by atoms with Crippen molar-refractivity contribution >= 4 is 11.8 Å². The molecular formula is C20H22N2O4S. The number of rotatable bonds is 7. The van der Waals surface area contributed by atoms with E-state index in [1.54, 1.807) is 45.2 Å². The Labute approximate surface area is 162 Å². The SMILES string of the molecule is COc1cc(-c2nnc(CSc3ccc(C)c(C)c3)o2)cc(OC)c1OC. The second kappa shape index (κ2) is 8.35. The van der Waals surface area contributed by atoms with Crippen LogP contribution in [-0.4, -0.2) is 31.5 Å². The van der Waals surface area contributed by atoms with Gasteiger partial charge in [-0.25, -0.2) is 0 Å². The van der Waals surface area contributed by atoms with Crippen LogP contribution >= 0.6 is 11.8 Å². The molecule has 1 aromatic heterocycles. The van der Waals surface area contributed by atoms with Crippen molar-refractivity contribution in [3.05, 3.63) is 47.3 Å². The summed E-state index contributed by atoms with van der Waals surface area (Å²) in [5.41, 5.74) is 3.25. The van der Waals surface area contributed by atoms with E-state index in [1.807, 2.05) is 0 Å². The van der Waals surface area contributed by atoms with Gasteiger partial charge >= 0.3 is 0 Å².